The Morgan fingerprint density at radius 2 is 1.97 bits per heavy atom. The molecule has 2 bridgehead atoms. The summed E-state index contributed by atoms with van der Waals surface area (Å²) in [6.07, 6.45) is 9.41. The predicted molar refractivity (Wildman–Crippen MR) is 146 cm³/mol. The first-order chi connectivity index (χ1) is 18.1. The van der Waals surface area contributed by atoms with Crippen molar-refractivity contribution in [2.45, 2.75) is 113 Å². The fourth-order valence-electron chi connectivity index (χ4n) is 7.19. The van der Waals surface area contributed by atoms with Crippen LogP contribution in [-0.2, 0) is 10.0 Å². The molecule has 2 N–H and O–H groups in total. The van der Waals surface area contributed by atoms with Crippen LogP contribution in [0.15, 0.2) is 9.42 Å². The highest BCUT2D eigenvalue weighted by molar-refractivity contribution is 8.00. The number of rotatable bonds is 9. The van der Waals surface area contributed by atoms with E-state index < -0.39 is 15.6 Å². The van der Waals surface area contributed by atoms with Crippen LogP contribution >= 0.6 is 11.8 Å². The number of hydrogen-bond acceptors (Lipinski definition) is 8. The van der Waals surface area contributed by atoms with E-state index in [0.717, 1.165) is 57.8 Å². The first kappa shape index (κ1) is 28.2. The average Bonchev–Trinajstić information content (AvgIpc) is 3.59. The Morgan fingerprint density at radius 1 is 1.21 bits per heavy atom. The fourth-order valence-corrected chi connectivity index (χ4v) is 10.4. The molecule has 3 unspecified atom stereocenters. The molecule has 1 saturated heterocycles. The molecule has 0 radical (unpaired) electrons. The molecule has 1 aromatic heterocycles. The number of carbonyl (C=O) groups is 1. The molecule has 3 aliphatic carbocycles. The number of ether oxygens (including phenoxy) is 1. The monoisotopic (exact) mass is 569 g/mol. The Balaban J connectivity index is 1.34. The molecular weight excluding hydrogens is 526 g/mol. The molecule has 5 rings (SSSR count). The molecule has 1 amide bonds. The van der Waals surface area contributed by atoms with Crippen LogP contribution in [0.4, 0.5) is 0 Å². The zero-order valence-electron chi connectivity index (χ0n) is 22.9. The van der Waals surface area contributed by atoms with E-state index in [9.17, 15) is 18.3 Å². The highest BCUT2D eigenvalue weighted by Crippen LogP contribution is 2.45. The van der Waals surface area contributed by atoms with Crippen LogP contribution in [0.2, 0.25) is 0 Å². The average molecular weight is 570 g/mol. The summed E-state index contributed by atoms with van der Waals surface area (Å²) in [5.41, 5.74) is -0.749. The number of fused-ring (bicyclic) bond motifs is 2. The van der Waals surface area contributed by atoms with Gasteiger partial charge in [-0.3, -0.25) is 4.79 Å². The molecule has 4 fully saturated rings. The predicted octanol–water partition coefficient (Wildman–Crippen LogP) is 4.21. The highest BCUT2D eigenvalue weighted by atomic mass is 32.2. The number of hydrogen-bond donors (Lipinski definition) is 2. The maximum absolute atomic E-state index is 13.7. The van der Waals surface area contributed by atoms with Crippen molar-refractivity contribution >= 4 is 27.7 Å². The lowest BCUT2D eigenvalue weighted by molar-refractivity contribution is 0.00440. The molecule has 1 aliphatic heterocycles. The number of nitrogens with zero attached hydrogens (tertiary/aromatic N) is 2. The number of sulfonamides is 1. The van der Waals surface area contributed by atoms with Gasteiger partial charge in [-0.25, -0.2) is 8.42 Å². The Morgan fingerprint density at radius 3 is 2.66 bits per heavy atom. The second kappa shape index (κ2) is 11.3. The van der Waals surface area contributed by atoms with Crippen LogP contribution in [0.3, 0.4) is 0 Å². The van der Waals surface area contributed by atoms with Crippen molar-refractivity contribution in [1.29, 1.82) is 0 Å². The molecule has 3 saturated carbocycles. The SMILES string of the molecule is CCC1CC2CC(C[C@@H](O)C2)[C@@H]1NC(=O)c1onc(OCC(C)(C)N2CCCS2(=O)=O)c1SC1CCCC1. The number of nitrogens with one attached hydrogen (secondary N) is 1. The molecule has 0 spiro atoms. The van der Waals surface area contributed by atoms with Crippen molar-refractivity contribution in [2.75, 3.05) is 18.9 Å². The van der Waals surface area contributed by atoms with Crippen LogP contribution in [0.5, 0.6) is 5.88 Å². The Kier molecular flexibility index (Phi) is 8.39. The van der Waals surface area contributed by atoms with Crippen LogP contribution in [0, 0.1) is 17.8 Å². The van der Waals surface area contributed by atoms with Crippen molar-refractivity contribution in [3.8, 4) is 5.88 Å². The van der Waals surface area contributed by atoms with Crippen LogP contribution < -0.4 is 10.1 Å². The lowest BCUT2D eigenvalue weighted by Crippen LogP contribution is -2.52. The Labute approximate surface area is 230 Å². The van der Waals surface area contributed by atoms with Crippen molar-refractivity contribution < 1.29 is 27.6 Å². The summed E-state index contributed by atoms with van der Waals surface area (Å²) >= 11 is 1.60. The molecule has 2 heterocycles. The van der Waals surface area contributed by atoms with Gasteiger partial charge in [0.05, 0.1) is 17.4 Å². The first-order valence-corrected chi connectivity index (χ1v) is 16.8. The molecule has 0 aromatic carbocycles. The van der Waals surface area contributed by atoms with E-state index in [0.29, 0.717) is 34.9 Å². The third-order valence-corrected chi connectivity index (χ3v) is 12.6. The first-order valence-electron chi connectivity index (χ1n) is 14.4. The Hall–Kier alpha value is -1.30. The van der Waals surface area contributed by atoms with Gasteiger partial charge in [-0.2, -0.15) is 4.31 Å². The van der Waals surface area contributed by atoms with E-state index in [1.165, 1.54) is 4.31 Å². The largest absolute Gasteiger partial charge is 0.473 e. The van der Waals surface area contributed by atoms with Gasteiger partial charge < -0.3 is 19.7 Å². The summed E-state index contributed by atoms with van der Waals surface area (Å²) in [5, 5.41) is 18.2. The fraction of sp³-hybridized carbons (Fsp3) is 0.852. The van der Waals surface area contributed by atoms with Gasteiger partial charge in [0.25, 0.3) is 11.8 Å². The molecule has 38 heavy (non-hydrogen) atoms. The number of aliphatic hydroxyl groups is 1. The maximum atomic E-state index is 13.7. The summed E-state index contributed by atoms with van der Waals surface area (Å²) in [7, 11) is -3.30. The van der Waals surface area contributed by atoms with Crippen molar-refractivity contribution in [3.63, 3.8) is 0 Å². The van der Waals surface area contributed by atoms with Gasteiger partial charge in [0.2, 0.25) is 15.8 Å². The van der Waals surface area contributed by atoms with E-state index >= 15 is 0 Å². The second-order valence-electron chi connectivity index (χ2n) is 12.4. The lowest BCUT2D eigenvalue weighted by Gasteiger charge is -2.46. The molecule has 9 nitrogen and oxygen atoms in total. The molecule has 214 valence electrons. The standard InChI is InChI=1S/C27H43N3O6S2/c1-4-18-12-17-13-19(15-20(31)14-17)22(18)28-25(32)23-24(37-21-8-5-6-9-21)26(29-36-23)35-16-27(2,3)30-10-7-11-38(30,33)34/h17-22,31H,4-16H2,1-3H3,(H,28,32)/t17?,18?,19?,20-,22+/m0/s1. The molecular formula is C27H43N3O6S2. The van der Waals surface area contributed by atoms with Gasteiger partial charge in [0.15, 0.2) is 0 Å². The molecule has 4 aliphatic rings. The minimum atomic E-state index is -3.30. The zero-order valence-corrected chi connectivity index (χ0v) is 24.5. The summed E-state index contributed by atoms with van der Waals surface area (Å²) in [5.74, 6) is 1.49. The van der Waals surface area contributed by atoms with E-state index in [1.807, 2.05) is 13.8 Å². The highest BCUT2D eigenvalue weighted by Gasteiger charge is 2.44. The molecule has 5 atom stereocenters. The van der Waals surface area contributed by atoms with Crippen LogP contribution in [0.25, 0.3) is 0 Å². The third-order valence-electron chi connectivity index (χ3n) is 9.04. The van der Waals surface area contributed by atoms with Gasteiger partial charge in [0.1, 0.15) is 11.5 Å². The minimum absolute atomic E-state index is 0.00296. The van der Waals surface area contributed by atoms with Crippen LogP contribution in [0.1, 0.15) is 95.5 Å². The number of amides is 1. The quantitative estimate of drug-likeness (QED) is 0.454. The summed E-state index contributed by atoms with van der Waals surface area (Å²) in [6.45, 7) is 6.47. The van der Waals surface area contributed by atoms with E-state index in [2.05, 4.69) is 17.4 Å². The minimum Gasteiger partial charge on any atom is -0.473 e. The van der Waals surface area contributed by atoms with E-state index in [-0.39, 0.29) is 48.0 Å². The van der Waals surface area contributed by atoms with E-state index in [4.69, 9.17) is 9.26 Å². The maximum Gasteiger partial charge on any atom is 0.291 e. The van der Waals surface area contributed by atoms with Gasteiger partial charge in [-0.1, -0.05) is 26.2 Å². The van der Waals surface area contributed by atoms with Crippen molar-refractivity contribution in [3.05, 3.63) is 5.76 Å². The number of aromatic nitrogens is 1. The Bertz CT molecular complexity index is 1100. The van der Waals surface area contributed by atoms with Gasteiger partial charge in [0, 0.05) is 17.8 Å². The summed E-state index contributed by atoms with van der Waals surface area (Å²) in [6, 6.07) is -0.00296. The third kappa shape index (κ3) is 5.90. The molecule has 1 aromatic rings. The zero-order chi connectivity index (χ0) is 27.1. The summed E-state index contributed by atoms with van der Waals surface area (Å²) < 4.78 is 38.3. The number of aliphatic hydroxyl groups excluding tert-OH is 1. The van der Waals surface area contributed by atoms with Gasteiger partial charge >= 0.3 is 0 Å². The molecule has 11 heteroatoms. The smallest absolute Gasteiger partial charge is 0.291 e. The topological polar surface area (TPSA) is 122 Å². The van der Waals surface area contributed by atoms with Crippen LogP contribution in [-0.4, -0.2) is 70.7 Å². The van der Waals surface area contributed by atoms with E-state index in [1.54, 1.807) is 11.8 Å². The second-order valence-corrected chi connectivity index (χ2v) is 15.7. The van der Waals surface area contributed by atoms with Gasteiger partial charge in [-0.05, 0) is 81.7 Å². The van der Waals surface area contributed by atoms with Gasteiger partial charge in [-0.15, -0.1) is 11.8 Å². The lowest BCUT2D eigenvalue weighted by atomic mass is 9.64. The van der Waals surface area contributed by atoms with Crippen molar-refractivity contribution in [2.24, 2.45) is 17.8 Å². The van der Waals surface area contributed by atoms with Crippen molar-refractivity contribution in [1.82, 2.24) is 14.8 Å². The number of carbonyl (C=O) groups excluding carboxylic acids is 1. The normalized spacial score (nSPS) is 31.9. The summed E-state index contributed by atoms with van der Waals surface area (Å²) in [4.78, 5) is 14.3. The number of thioether (sulfide) groups is 1.